The molecule has 2 rings (SSSR count). The van der Waals surface area contributed by atoms with Gasteiger partial charge in [0.25, 0.3) is 0 Å². The highest BCUT2D eigenvalue weighted by atomic mass is 16.7. The summed E-state index contributed by atoms with van der Waals surface area (Å²) in [4.78, 5) is 0. The molecule has 106 valence electrons. The van der Waals surface area contributed by atoms with Gasteiger partial charge in [0.05, 0.1) is 5.60 Å². The van der Waals surface area contributed by atoms with E-state index in [1.165, 1.54) is 0 Å². The van der Waals surface area contributed by atoms with Crippen molar-refractivity contribution in [1.82, 2.24) is 5.32 Å². The van der Waals surface area contributed by atoms with E-state index in [0.717, 1.165) is 11.3 Å². The van der Waals surface area contributed by atoms with Crippen molar-refractivity contribution in [2.75, 3.05) is 20.4 Å². The van der Waals surface area contributed by atoms with E-state index in [1.807, 2.05) is 26.1 Å². The smallest absolute Gasteiger partial charge is 0.231 e. The zero-order valence-corrected chi connectivity index (χ0v) is 11.7. The van der Waals surface area contributed by atoms with Crippen LogP contribution >= 0.6 is 0 Å². The molecule has 0 fully saturated rings. The number of ether oxygens (including phenoxy) is 3. The predicted molar refractivity (Wildman–Crippen MR) is 71.7 cm³/mol. The fourth-order valence-corrected chi connectivity index (χ4v) is 1.76. The monoisotopic (exact) mass is 267 g/mol. The third-order valence-corrected chi connectivity index (χ3v) is 3.22. The molecule has 0 amide bonds. The lowest BCUT2D eigenvalue weighted by Gasteiger charge is -2.22. The van der Waals surface area contributed by atoms with Gasteiger partial charge < -0.3 is 24.6 Å². The molecular formula is C14H21NO4. The van der Waals surface area contributed by atoms with Gasteiger partial charge in [-0.3, -0.25) is 0 Å². The SMILES string of the molecule is CCC(C)(O)COc1cc2c(cc1CNC)OCO2. The Morgan fingerprint density at radius 1 is 1.37 bits per heavy atom. The minimum absolute atomic E-state index is 0.241. The van der Waals surface area contributed by atoms with Gasteiger partial charge in [0.15, 0.2) is 11.5 Å². The minimum Gasteiger partial charge on any atom is -0.490 e. The molecule has 1 aromatic carbocycles. The second-order valence-electron chi connectivity index (χ2n) is 4.98. The zero-order chi connectivity index (χ0) is 13.9. The molecule has 19 heavy (non-hydrogen) atoms. The lowest BCUT2D eigenvalue weighted by molar-refractivity contribution is 0.00811. The molecule has 1 aliphatic heterocycles. The fourth-order valence-electron chi connectivity index (χ4n) is 1.76. The maximum absolute atomic E-state index is 10.0. The summed E-state index contributed by atoms with van der Waals surface area (Å²) in [7, 11) is 1.87. The normalized spacial score (nSPS) is 16.2. The first kappa shape index (κ1) is 14.0. The Labute approximate surface area is 113 Å². The Bertz CT molecular complexity index is 445. The van der Waals surface area contributed by atoms with Gasteiger partial charge >= 0.3 is 0 Å². The molecule has 5 nitrogen and oxygen atoms in total. The van der Waals surface area contributed by atoms with Crippen LogP contribution in [0.25, 0.3) is 0 Å². The average molecular weight is 267 g/mol. The summed E-state index contributed by atoms with van der Waals surface area (Å²) in [6.07, 6.45) is 0.638. The second-order valence-corrected chi connectivity index (χ2v) is 4.98. The summed E-state index contributed by atoms with van der Waals surface area (Å²) in [5, 5.41) is 13.1. The fraction of sp³-hybridized carbons (Fsp3) is 0.571. The van der Waals surface area contributed by atoms with E-state index in [0.29, 0.717) is 24.5 Å². The number of hydrogen-bond donors (Lipinski definition) is 2. The van der Waals surface area contributed by atoms with Gasteiger partial charge in [-0.1, -0.05) is 6.92 Å². The van der Waals surface area contributed by atoms with E-state index in [4.69, 9.17) is 14.2 Å². The van der Waals surface area contributed by atoms with Gasteiger partial charge in [0.2, 0.25) is 6.79 Å². The topological polar surface area (TPSA) is 60.0 Å². The maximum Gasteiger partial charge on any atom is 0.231 e. The Hall–Kier alpha value is -1.46. The molecule has 0 spiro atoms. The molecule has 0 saturated heterocycles. The Balaban J connectivity index is 2.18. The number of hydrogen-bond acceptors (Lipinski definition) is 5. The first-order valence-corrected chi connectivity index (χ1v) is 6.48. The Morgan fingerprint density at radius 3 is 2.68 bits per heavy atom. The second kappa shape index (κ2) is 5.67. The first-order valence-electron chi connectivity index (χ1n) is 6.48. The van der Waals surface area contributed by atoms with Gasteiger partial charge in [0.1, 0.15) is 12.4 Å². The van der Waals surface area contributed by atoms with Crippen LogP contribution in [0.5, 0.6) is 17.2 Å². The quantitative estimate of drug-likeness (QED) is 0.821. The predicted octanol–water partition coefficient (Wildman–Crippen LogP) is 1.67. The van der Waals surface area contributed by atoms with E-state index in [9.17, 15) is 5.11 Å². The molecule has 0 aromatic heterocycles. The van der Waals surface area contributed by atoms with E-state index < -0.39 is 5.60 Å². The van der Waals surface area contributed by atoms with Crippen LogP contribution in [0.2, 0.25) is 0 Å². The number of rotatable bonds is 6. The minimum atomic E-state index is -0.826. The van der Waals surface area contributed by atoms with Crippen LogP contribution in [0.15, 0.2) is 12.1 Å². The van der Waals surface area contributed by atoms with Crippen LogP contribution in [-0.2, 0) is 6.54 Å². The summed E-state index contributed by atoms with van der Waals surface area (Å²) in [6.45, 7) is 4.85. The average Bonchev–Trinajstić information content (AvgIpc) is 2.83. The largest absolute Gasteiger partial charge is 0.490 e. The van der Waals surface area contributed by atoms with Gasteiger partial charge in [-0.15, -0.1) is 0 Å². The molecule has 0 radical (unpaired) electrons. The first-order chi connectivity index (χ1) is 9.05. The van der Waals surface area contributed by atoms with Crippen LogP contribution in [-0.4, -0.2) is 31.2 Å². The molecule has 2 N–H and O–H groups in total. The number of aliphatic hydroxyl groups is 1. The van der Waals surface area contributed by atoms with Crippen molar-refractivity contribution in [2.24, 2.45) is 0 Å². The van der Waals surface area contributed by atoms with E-state index in [2.05, 4.69) is 5.32 Å². The van der Waals surface area contributed by atoms with Gasteiger partial charge in [-0.25, -0.2) is 0 Å². The lowest BCUT2D eigenvalue weighted by atomic mass is 10.1. The highest BCUT2D eigenvalue weighted by Crippen LogP contribution is 2.38. The summed E-state index contributed by atoms with van der Waals surface area (Å²) >= 11 is 0. The van der Waals surface area contributed by atoms with Crippen LogP contribution in [0.4, 0.5) is 0 Å². The van der Waals surface area contributed by atoms with E-state index >= 15 is 0 Å². The Kier molecular flexibility index (Phi) is 4.17. The van der Waals surface area contributed by atoms with Crippen LogP contribution in [0.1, 0.15) is 25.8 Å². The summed E-state index contributed by atoms with van der Waals surface area (Å²) < 4.78 is 16.4. The summed E-state index contributed by atoms with van der Waals surface area (Å²) in [6, 6.07) is 3.73. The number of nitrogens with one attached hydrogen (secondary N) is 1. The van der Waals surface area contributed by atoms with Crippen molar-refractivity contribution < 1.29 is 19.3 Å². The molecule has 1 heterocycles. The molecule has 1 aromatic rings. The molecule has 0 saturated carbocycles. The number of benzene rings is 1. The van der Waals surface area contributed by atoms with Crippen molar-refractivity contribution >= 4 is 0 Å². The molecule has 1 atom stereocenters. The van der Waals surface area contributed by atoms with Gasteiger partial charge in [0, 0.05) is 18.2 Å². The number of fused-ring (bicyclic) bond motifs is 1. The van der Waals surface area contributed by atoms with Crippen molar-refractivity contribution in [3.8, 4) is 17.2 Å². The maximum atomic E-state index is 10.0. The third kappa shape index (κ3) is 3.30. The molecule has 1 unspecified atom stereocenters. The molecule has 1 aliphatic rings. The summed E-state index contributed by atoms with van der Waals surface area (Å²) in [5.74, 6) is 2.14. The third-order valence-electron chi connectivity index (χ3n) is 3.22. The highest BCUT2D eigenvalue weighted by Gasteiger charge is 2.22. The summed E-state index contributed by atoms with van der Waals surface area (Å²) in [5.41, 5.74) is 0.159. The lowest BCUT2D eigenvalue weighted by Crippen LogP contribution is -2.31. The molecule has 5 heteroatoms. The van der Waals surface area contributed by atoms with E-state index in [-0.39, 0.29) is 13.4 Å². The van der Waals surface area contributed by atoms with Crippen molar-refractivity contribution in [3.63, 3.8) is 0 Å². The van der Waals surface area contributed by atoms with Gasteiger partial charge in [-0.2, -0.15) is 0 Å². The van der Waals surface area contributed by atoms with Crippen LogP contribution < -0.4 is 19.5 Å². The highest BCUT2D eigenvalue weighted by molar-refractivity contribution is 5.51. The van der Waals surface area contributed by atoms with Crippen LogP contribution in [0, 0.1) is 0 Å². The van der Waals surface area contributed by atoms with Crippen molar-refractivity contribution in [2.45, 2.75) is 32.4 Å². The Morgan fingerprint density at radius 2 is 2.05 bits per heavy atom. The van der Waals surface area contributed by atoms with Crippen molar-refractivity contribution in [3.05, 3.63) is 17.7 Å². The van der Waals surface area contributed by atoms with E-state index in [1.54, 1.807) is 6.92 Å². The molecule has 0 bridgehead atoms. The van der Waals surface area contributed by atoms with Gasteiger partial charge in [-0.05, 0) is 26.5 Å². The molecular weight excluding hydrogens is 246 g/mol. The van der Waals surface area contributed by atoms with Crippen LogP contribution in [0.3, 0.4) is 0 Å². The standard InChI is InChI=1S/C14H21NO4/c1-4-14(2,16)8-17-11-6-13-12(18-9-19-13)5-10(11)7-15-3/h5-6,15-16H,4,7-9H2,1-3H3. The van der Waals surface area contributed by atoms with Crippen molar-refractivity contribution in [1.29, 1.82) is 0 Å². The molecule has 0 aliphatic carbocycles. The zero-order valence-electron chi connectivity index (χ0n) is 11.7.